The van der Waals surface area contributed by atoms with Crippen LogP contribution in [0.25, 0.3) is 0 Å². The predicted molar refractivity (Wildman–Crippen MR) is 154 cm³/mol. The second-order valence-corrected chi connectivity index (χ2v) is 11.3. The number of amides is 2. The number of anilines is 1. The molecule has 3 rings (SSSR count). The summed E-state index contributed by atoms with van der Waals surface area (Å²) >= 11 is 0. The van der Waals surface area contributed by atoms with Crippen LogP contribution in [0.3, 0.4) is 0 Å². The molecule has 0 aromatic heterocycles. The largest absolute Gasteiger partial charge is 0.489 e. The van der Waals surface area contributed by atoms with Crippen LogP contribution in [0.5, 0.6) is 5.75 Å². The molecule has 0 fully saturated rings. The highest BCUT2D eigenvalue weighted by molar-refractivity contribution is 7.92. The molecule has 1 atom stereocenters. The van der Waals surface area contributed by atoms with Crippen LogP contribution in [-0.2, 0) is 32.8 Å². The van der Waals surface area contributed by atoms with E-state index in [1.54, 1.807) is 31.2 Å². The average Bonchev–Trinajstić information content (AvgIpc) is 2.94. The molecule has 208 valence electrons. The molecule has 0 heterocycles. The predicted octanol–water partition coefficient (Wildman–Crippen LogP) is 4.37. The molecule has 0 saturated heterocycles. The standard InChI is InChI=1S/C30H37N3O5S/c1-4-5-20-31-30(35)24(2)32(21-25-12-8-6-9-13-25)29(34)22-33(39(3,36)37)27-16-18-28(19-17-27)38-23-26-14-10-7-11-15-26/h6-19,24H,4-5,20-23H2,1-3H3,(H,31,35)/t24-/m0/s1. The van der Waals surface area contributed by atoms with Crippen LogP contribution >= 0.6 is 0 Å². The average molecular weight is 552 g/mol. The molecule has 0 aliphatic rings. The highest BCUT2D eigenvalue weighted by atomic mass is 32.2. The van der Waals surface area contributed by atoms with E-state index < -0.39 is 28.5 Å². The van der Waals surface area contributed by atoms with Crippen LogP contribution in [0.15, 0.2) is 84.9 Å². The van der Waals surface area contributed by atoms with E-state index in [0.717, 1.165) is 34.5 Å². The van der Waals surface area contributed by atoms with Crippen molar-refractivity contribution in [3.05, 3.63) is 96.1 Å². The lowest BCUT2D eigenvalue weighted by atomic mass is 10.1. The minimum absolute atomic E-state index is 0.173. The van der Waals surface area contributed by atoms with E-state index >= 15 is 0 Å². The number of unbranched alkanes of at least 4 members (excludes halogenated alkanes) is 1. The van der Waals surface area contributed by atoms with E-state index in [-0.39, 0.29) is 12.5 Å². The van der Waals surface area contributed by atoms with Gasteiger partial charge in [0.2, 0.25) is 21.8 Å². The van der Waals surface area contributed by atoms with Crippen molar-refractivity contribution in [2.45, 2.75) is 45.9 Å². The number of carbonyl (C=O) groups excluding carboxylic acids is 2. The van der Waals surface area contributed by atoms with E-state index in [1.165, 1.54) is 4.90 Å². The summed E-state index contributed by atoms with van der Waals surface area (Å²) in [6.07, 6.45) is 2.82. The van der Waals surface area contributed by atoms with Crippen LogP contribution in [-0.4, -0.2) is 50.5 Å². The van der Waals surface area contributed by atoms with Gasteiger partial charge in [-0.15, -0.1) is 0 Å². The van der Waals surface area contributed by atoms with Gasteiger partial charge in [-0.2, -0.15) is 0 Å². The molecule has 0 spiro atoms. The Kier molecular flexibility index (Phi) is 10.9. The number of carbonyl (C=O) groups is 2. The van der Waals surface area contributed by atoms with E-state index in [4.69, 9.17) is 4.74 Å². The first-order valence-corrected chi connectivity index (χ1v) is 14.9. The molecule has 1 N–H and O–H groups in total. The van der Waals surface area contributed by atoms with Gasteiger partial charge >= 0.3 is 0 Å². The molecule has 8 nitrogen and oxygen atoms in total. The Labute approximate surface area is 231 Å². The fourth-order valence-corrected chi connectivity index (χ4v) is 4.81. The number of hydrogen-bond acceptors (Lipinski definition) is 5. The van der Waals surface area contributed by atoms with Gasteiger partial charge in [0.05, 0.1) is 11.9 Å². The first kappa shape index (κ1) is 29.7. The van der Waals surface area contributed by atoms with E-state index in [2.05, 4.69) is 5.32 Å². The Morgan fingerprint density at radius 2 is 1.49 bits per heavy atom. The number of sulfonamides is 1. The number of nitrogens with one attached hydrogen (secondary N) is 1. The van der Waals surface area contributed by atoms with E-state index in [9.17, 15) is 18.0 Å². The Hall–Kier alpha value is -3.85. The van der Waals surface area contributed by atoms with E-state index in [1.807, 2.05) is 67.6 Å². The van der Waals surface area contributed by atoms with Gasteiger partial charge in [0.1, 0.15) is 24.9 Å². The number of benzene rings is 3. The summed E-state index contributed by atoms with van der Waals surface area (Å²) in [5.41, 5.74) is 2.18. The van der Waals surface area contributed by atoms with E-state index in [0.29, 0.717) is 24.6 Å². The van der Waals surface area contributed by atoms with Gasteiger partial charge < -0.3 is 15.0 Å². The fourth-order valence-electron chi connectivity index (χ4n) is 3.96. The third-order valence-corrected chi connectivity index (χ3v) is 7.39. The molecule has 0 unspecified atom stereocenters. The summed E-state index contributed by atoms with van der Waals surface area (Å²) in [6.45, 7) is 4.31. The normalized spacial score (nSPS) is 11.9. The lowest BCUT2D eigenvalue weighted by Crippen LogP contribution is -2.51. The summed E-state index contributed by atoms with van der Waals surface area (Å²) in [6, 6.07) is 24.8. The minimum atomic E-state index is -3.81. The van der Waals surface area contributed by atoms with Gasteiger partial charge in [-0.25, -0.2) is 8.42 Å². The van der Waals surface area contributed by atoms with Crippen LogP contribution in [0.2, 0.25) is 0 Å². The highest BCUT2D eigenvalue weighted by Gasteiger charge is 2.30. The molecule has 9 heteroatoms. The molecular formula is C30H37N3O5S. The minimum Gasteiger partial charge on any atom is -0.489 e. The number of nitrogens with zero attached hydrogens (tertiary/aromatic N) is 2. The zero-order chi connectivity index (χ0) is 28.3. The summed E-state index contributed by atoms with van der Waals surface area (Å²) in [7, 11) is -3.81. The summed E-state index contributed by atoms with van der Waals surface area (Å²) in [5.74, 6) is -0.184. The van der Waals surface area contributed by atoms with Gasteiger partial charge in [-0.05, 0) is 48.7 Å². The van der Waals surface area contributed by atoms with Crippen LogP contribution in [0, 0.1) is 0 Å². The first-order chi connectivity index (χ1) is 18.7. The number of ether oxygens (including phenoxy) is 1. The molecular weight excluding hydrogens is 514 g/mol. The molecule has 2 amide bonds. The molecule has 3 aromatic carbocycles. The third kappa shape index (κ3) is 9.14. The highest BCUT2D eigenvalue weighted by Crippen LogP contribution is 2.23. The van der Waals surface area contributed by atoms with Crippen molar-refractivity contribution in [2.24, 2.45) is 0 Å². The smallest absolute Gasteiger partial charge is 0.244 e. The molecule has 3 aromatic rings. The van der Waals surface area contributed by atoms with Gasteiger partial charge in [-0.3, -0.25) is 13.9 Å². The Bertz CT molecular complexity index is 1300. The van der Waals surface area contributed by atoms with Gasteiger partial charge in [0.15, 0.2) is 0 Å². The maximum atomic E-state index is 13.6. The first-order valence-electron chi connectivity index (χ1n) is 13.0. The van der Waals surface area contributed by atoms with Crippen molar-refractivity contribution in [3.63, 3.8) is 0 Å². The summed E-state index contributed by atoms with van der Waals surface area (Å²) < 4.78 is 32.4. The number of rotatable bonds is 14. The van der Waals surface area contributed by atoms with Crippen LogP contribution in [0.4, 0.5) is 5.69 Å². The van der Waals surface area contributed by atoms with Crippen LogP contribution < -0.4 is 14.4 Å². The van der Waals surface area contributed by atoms with Crippen molar-refractivity contribution in [3.8, 4) is 5.75 Å². The van der Waals surface area contributed by atoms with Crippen LogP contribution in [0.1, 0.15) is 37.8 Å². The molecule has 39 heavy (non-hydrogen) atoms. The van der Waals surface area contributed by atoms with Gasteiger partial charge in [0, 0.05) is 13.1 Å². The second-order valence-electron chi connectivity index (χ2n) is 9.37. The summed E-state index contributed by atoms with van der Waals surface area (Å²) in [4.78, 5) is 27.9. The molecule has 0 aliphatic carbocycles. The topological polar surface area (TPSA) is 96.0 Å². The second kappa shape index (κ2) is 14.3. The number of hydrogen-bond donors (Lipinski definition) is 1. The van der Waals surface area contributed by atoms with Crippen molar-refractivity contribution < 1.29 is 22.7 Å². The molecule has 0 aliphatic heterocycles. The maximum Gasteiger partial charge on any atom is 0.244 e. The van der Waals surface area contributed by atoms with Gasteiger partial charge in [0.25, 0.3) is 0 Å². The Morgan fingerprint density at radius 1 is 0.897 bits per heavy atom. The van der Waals surface area contributed by atoms with Gasteiger partial charge in [-0.1, -0.05) is 74.0 Å². The lowest BCUT2D eigenvalue weighted by Gasteiger charge is -2.31. The Balaban J connectivity index is 1.78. The monoisotopic (exact) mass is 551 g/mol. The maximum absolute atomic E-state index is 13.6. The van der Waals surface area contributed by atoms with Crippen molar-refractivity contribution in [1.29, 1.82) is 0 Å². The third-order valence-electron chi connectivity index (χ3n) is 6.24. The zero-order valence-corrected chi connectivity index (χ0v) is 23.6. The Morgan fingerprint density at radius 3 is 2.05 bits per heavy atom. The lowest BCUT2D eigenvalue weighted by molar-refractivity contribution is -0.139. The zero-order valence-electron chi connectivity index (χ0n) is 22.7. The van der Waals surface area contributed by atoms with Crippen molar-refractivity contribution >= 4 is 27.5 Å². The molecule has 0 saturated carbocycles. The fraction of sp³-hybridized carbons (Fsp3) is 0.333. The molecule has 0 radical (unpaired) electrons. The molecule has 0 bridgehead atoms. The summed E-state index contributed by atoms with van der Waals surface area (Å²) in [5, 5.41) is 2.87. The van der Waals surface area contributed by atoms with Crippen molar-refractivity contribution in [2.75, 3.05) is 23.7 Å². The quantitative estimate of drug-likeness (QED) is 0.300. The van der Waals surface area contributed by atoms with Crippen molar-refractivity contribution in [1.82, 2.24) is 10.2 Å². The SMILES string of the molecule is CCCCNC(=O)[C@H](C)N(Cc1ccccc1)C(=O)CN(c1ccc(OCc2ccccc2)cc1)S(C)(=O)=O.